The smallest absolute Gasteiger partial charge is 0.351 e. The molecular weight excluding hydrogens is 335 g/mol. The second kappa shape index (κ2) is 6.60. The summed E-state index contributed by atoms with van der Waals surface area (Å²) in [5, 5.41) is 22.5. The molecule has 0 spiro atoms. The molecular formula is C14H19FN6O4. The number of azide groups is 1. The van der Waals surface area contributed by atoms with Gasteiger partial charge in [-0.15, -0.1) is 0 Å². The molecule has 2 fully saturated rings. The molecule has 2 aliphatic heterocycles. The molecule has 1 aromatic heterocycles. The largest absolute Gasteiger partial charge is 0.393 e. The fourth-order valence-electron chi connectivity index (χ4n) is 3.31. The highest BCUT2D eigenvalue weighted by Gasteiger charge is 2.56. The number of alkyl halides is 1. The first-order valence-corrected chi connectivity index (χ1v) is 7.96. The lowest BCUT2D eigenvalue weighted by molar-refractivity contribution is -0.124. The summed E-state index contributed by atoms with van der Waals surface area (Å²) >= 11 is 0. The second-order valence-electron chi connectivity index (χ2n) is 6.25. The molecule has 5 atom stereocenters. The lowest BCUT2D eigenvalue weighted by atomic mass is 10.1. The van der Waals surface area contributed by atoms with E-state index in [1.54, 1.807) is 6.07 Å². The predicted molar refractivity (Wildman–Crippen MR) is 84.5 cm³/mol. The highest BCUT2D eigenvalue weighted by molar-refractivity contribution is 5.39. The van der Waals surface area contributed by atoms with Gasteiger partial charge in [0.1, 0.15) is 11.9 Å². The lowest BCUT2D eigenvalue weighted by Gasteiger charge is -2.24. The fourth-order valence-corrected chi connectivity index (χ4v) is 3.31. The van der Waals surface area contributed by atoms with Crippen LogP contribution >= 0.6 is 0 Å². The minimum absolute atomic E-state index is 0.258. The summed E-state index contributed by atoms with van der Waals surface area (Å²) in [5.74, 6) is 0.490. The van der Waals surface area contributed by atoms with Gasteiger partial charge in [-0.05, 0) is 31.4 Å². The van der Waals surface area contributed by atoms with E-state index in [0.29, 0.717) is 5.82 Å². The van der Waals surface area contributed by atoms with Crippen LogP contribution in [0.4, 0.5) is 10.2 Å². The van der Waals surface area contributed by atoms with E-state index < -0.39 is 36.5 Å². The number of aliphatic hydroxyl groups is 2. The van der Waals surface area contributed by atoms with Gasteiger partial charge in [-0.1, -0.05) is 5.11 Å². The van der Waals surface area contributed by atoms with E-state index in [4.69, 9.17) is 10.3 Å². The zero-order chi connectivity index (χ0) is 18.2. The highest BCUT2D eigenvalue weighted by Crippen LogP contribution is 2.39. The molecule has 0 aromatic carbocycles. The molecule has 3 rings (SSSR count). The SMILES string of the molecule is C[C@@H]1CCCN1c1ccn(C2O[C@@](CO)(N=[N+]=[N-])C(O)[C@@H]2F)c(=O)n1. The Morgan fingerprint density at radius 1 is 1.64 bits per heavy atom. The standard InChI is InChI=1S/C14H19FN6O4/c1-8-3-2-5-20(8)9-4-6-21(13(24)17-9)12-10(15)11(23)14(7-22,25-12)18-19-16/h4,6,8,10-12,22-23H,2-3,5,7H2,1H3/t8-,10+,11?,12?,14-/m1/s1. The number of nitrogens with zero attached hydrogens (tertiary/aromatic N) is 6. The molecule has 2 N–H and O–H groups in total. The number of aliphatic hydroxyl groups excluding tert-OH is 2. The van der Waals surface area contributed by atoms with Crippen LogP contribution in [0.5, 0.6) is 0 Å². The Kier molecular flexibility index (Phi) is 4.65. The summed E-state index contributed by atoms with van der Waals surface area (Å²) in [5.41, 5.74) is 5.63. The van der Waals surface area contributed by atoms with Crippen molar-refractivity contribution in [1.29, 1.82) is 0 Å². The van der Waals surface area contributed by atoms with Gasteiger partial charge in [0, 0.05) is 23.7 Å². The Morgan fingerprint density at radius 2 is 2.40 bits per heavy atom. The van der Waals surface area contributed by atoms with Crippen LogP contribution in [0.15, 0.2) is 22.2 Å². The zero-order valence-corrected chi connectivity index (χ0v) is 13.6. The van der Waals surface area contributed by atoms with Gasteiger partial charge in [-0.2, -0.15) is 4.98 Å². The monoisotopic (exact) mass is 354 g/mol. The molecule has 0 radical (unpaired) electrons. The number of anilines is 1. The van der Waals surface area contributed by atoms with Crippen LogP contribution in [0.2, 0.25) is 0 Å². The Labute approximate surface area is 142 Å². The van der Waals surface area contributed by atoms with Crippen LogP contribution in [0, 0.1) is 0 Å². The van der Waals surface area contributed by atoms with Crippen molar-refractivity contribution in [3.8, 4) is 0 Å². The summed E-state index contributed by atoms with van der Waals surface area (Å²) in [4.78, 5) is 20.8. The molecule has 25 heavy (non-hydrogen) atoms. The molecule has 3 heterocycles. The topological polar surface area (TPSA) is 137 Å². The van der Waals surface area contributed by atoms with E-state index in [0.717, 1.165) is 24.0 Å². The van der Waals surface area contributed by atoms with Gasteiger partial charge in [0.2, 0.25) is 5.72 Å². The predicted octanol–water partition coefficient (Wildman–Crippen LogP) is 0.459. The number of halogens is 1. The minimum atomic E-state index is -2.18. The van der Waals surface area contributed by atoms with Crippen LogP contribution in [0.25, 0.3) is 10.4 Å². The Hall–Kier alpha value is -2.20. The highest BCUT2D eigenvalue weighted by atomic mass is 19.1. The van der Waals surface area contributed by atoms with Crippen LogP contribution in [0.1, 0.15) is 26.0 Å². The molecule has 0 amide bonds. The average Bonchev–Trinajstić information content (AvgIpc) is 3.13. The van der Waals surface area contributed by atoms with Crippen molar-refractivity contribution < 1.29 is 19.3 Å². The van der Waals surface area contributed by atoms with Crippen molar-refractivity contribution in [3.05, 3.63) is 33.2 Å². The summed E-state index contributed by atoms with van der Waals surface area (Å²) in [6.07, 6.45) is -2.22. The molecule has 0 saturated carbocycles. The number of ether oxygens (including phenoxy) is 1. The molecule has 11 heteroatoms. The summed E-state index contributed by atoms with van der Waals surface area (Å²) in [6, 6.07) is 1.83. The van der Waals surface area contributed by atoms with Gasteiger partial charge in [0.15, 0.2) is 12.4 Å². The first-order valence-electron chi connectivity index (χ1n) is 7.96. The number of hydrogen-bond donors (Lipinski definition) is 2. The third-order valence-electron chi connectivity index (χ3n) is 4.74. The minimum Gasteiger partial charge on any atom is -0.393 e. The molecule has 1 aromatic rings. The van der Waals surface area contributed by atoms with E-state index in [1.807, 2.05) is 11.8 Å². The Bertz CT molecular complexity index is 753. The van der Waals surface area contributed by atoms with Crippen LogP contribution in [-0.2, 0) is 4.74 Å². The van der Waals surface area contributed by atoms with Crippen molar-refractivity contribution in [2.45, 2.75) is 50.0 Å². The normalized spacial score (nSPS) is 35.0. The Balaban J connectivity index is 1.92. The number of hydrogen-bond acceptors (Lipinski definition) is 7. The van der Waals surface area contributed by atoms with Gasteiger partial charge in [0.05, 0.1) is 6.61 Å². The van der Waals surface area contributed by atoms with E-state index in [2.05, 4.69) is 15.0 Å². The number of rotatable bonds is 4. The van der Waals surface area contributed by atoms with E-state index in [-0.39, 0.29) is 6.04 Å². The summed E-state index contributed by atoms with van der Waals surface area (Å²) in [7, 11) is 0. The molecule has 136 valence electrons. The van der Waals surface area contributed by atoms with Crippen LogP contribution < -0.4 is 10.6 Å². The molecule has 2 saturated heterocycles. The maximum absolute atomic E-state index is 14.4. The third kappa shape index (κ3) is 2.85. The van der Waals surface area contributed by atoms with Gasteiger partial charge in [0.25, 0.3) is 0 Å². The quantitative estimate of drug-likeness (QED) is 0.458. The molecule has 0 aliphatic carbocycles. The molecule has 2 unspecified atom stereocenters. The van der Waals surface area contributed by atoms with Crippen LogP contribution in [0.3, 0.4) is 0 Å². The van der Waals surface area contributed by atoms with Gasteiger partial charge in [-0.3, -0.25) is 4.57 Å². The lowest BCUT2D eigenvalue weighted by Crippen LogP contribution is -2.43. The average molecular weight is 354 g/mol. The summed E-state index contributed by atoms with van der Waals surface area (Å²) in [6.45, 7) is 1.89. The van der Waals surface area contributed by atoms with Crippen molar-refractivity contribution in [2.75, 3.05) is 18.1 Å². The first-order chi connectivity index (χ1) is 11.9. The first kappa shape index (κ1) is 17.6. The van der Waals surface area contributed by atoms with Crippen molar-refractivity contribution in [3.63, 3.8) is 0 Å². The fraction of sp³-hybridized carbons (Fsp3) is 0.714. The van der Waals surface area contributed by atoms with E-state index in [1.165, 1.54) is 6.20 Å². The van der Waals surface area contributed by atoms with E-state index in [9.17, 15) is 19.4 Å². The third-order valence-corrected chi connectivity index (χ3v) is 4.74. The second-order valence-corrected chi connectivity index (χ2v) is 6.25. The summed E-state index contributed by atoms with van der Waals surface area (Å²) < 4.78 is 20.6. The van der Waals surface area contributed by atoms with Gasteiger partial charge >= 0.3 is 5.69 Å². The van der Waals surface area contributed by atoms with E-state index >= 15 is 0 Å². The molecule has 10 nitrogen and oxygen atoms in total. The maximum Gasteiger partial charge on any atom is 0.351 e. The van der Waals surface area contributed by atoms with Crippen molar-refractivity contribution in [2.24, 2.45) is 5.11 Å². The molecule has 2 aliphatic rings. The Morgan fingerprint density at radius 3 is 2.96 bits per heavy atom. The van der Waals surface area contributed by atoms with Crippen molar-refractivity contribution >= 4 is 5.82 Å². The number of aromatic nitrogens is 2. The zero-order valence-electron chi connectivity index (χ0n) is 13.6. The van der Waals surface area contributed by atoms with Gasteiger partial charge < -0.3 is 19.8 Å². The van der Waals surface area contributed by atoms with Crippen molar-refractivity contribution in [1.82, 2.24) is 9.55 Å². The maximum atomic E-state index is 14.4. The van der Waals surface area contributed by atoms with Gasteiger partial charge in [-0.25, -0.2) is 9.18 Å². The molecule has 0 bridgehead atoms. The van der Waals surface area contributed by atoms with Crippen LogP contribution in [-0.4, -0.2) is 57.0 Å².